The van der Waals surface area contributed by atoms with Crippen molar-refractivity contribution in [2.24, 2.45) is 0 Å². The summed E-state index contributed by atoms with van der Waals surface area (Å²) < 4.78 is 5.21. The number of hydrogen-bond donors (Lipinski definition) is 2. The van der Waals surface area contributed by atoms with Crippen molar-refractivity contribution >= 4 is 34.6 Å². The van der Waals surface area contributed by atoms with Crippen LogP contribution in [-0.2, 0) is 11.3 Å². The summed E-state index contributed by atoms with van der Waals surface area (Å²) in [4.78, 5) is 13.6. The molecular weight excluding hydrogens is 334 g/mol. The van der Waals surface area contributed by atoms with E-state index >= 15 is 0 Å². The van der Waals surface area contributed by atoms with Gasteiger partial charge in [-0.25, -0.2) is 0 Å². The zero-order valence-electron chi connectivity index (χ0n) is 14.1. The molecule has 1 amide bonds. The molecule has 2 N–H and O–H groups in total. The quantitative estimate of drug-likeness (QED) is 0.806. The minimum Gasteiger partial charge on any atom is -0.497 e. The summed E-state index contributed by atoms with van der Waals surface area (Å²) in [5.41, 5.74) is 2.91. The van der Waals surface area contributed by atoms with Crippen LogP contribution in [0, 0.1) is 0 Å². The largest absolute Gasteiger partial charge is 0.497 e. The van der Waals surface area contributed by atoms with Crippen molar-refractivity contribution in [2.75, 3.05) is 23.9 Å². The third-order valence-corrected chi connectivity index (χ3v) is 4.34. The summed E-state index contributed by atoms with van der Waals surface area (Å²) in [5.74, 6) is 1.02. The van der Waals surface area contributed by atoms with Gasteiger partial charge in [0.2, 0.25) is 5.91 Å². The van der Waals surface area contributed by atoms with E-state index in [2.05, 4.69) is 10.6 Å². The molecule has 6 heteroatoms. The SMILES string of the molecule is COc1cccc(CNC(=S)Nc2ccc(N3CCCC3=O)cc2)c1. The number of carbonyl (C=O) groups is 1. The van der Waals surface area contributed by atoms with E-state index in [0.717, 1.165) is 35.7 Å². The molecule has 3 rings (SSSR count). The van der Waals surface area contributed by atoms with Gasteiger partial charge in [-0.05, 0) is 60.6 Å². The third kappa shape index (κ3) is 4.48. The smallest absolute Gasteiger partial charge is 0.227 e. The summed E-state index contributed by atoms with van der Waals surface area (Å²) in [6.07, 6.45) is 1.56. The van der Waals surface area contributed by atoms with E-state index in [1.54, 1.807) is 7.11 Å². The highest BCUT2D eigenvalue weighted by Crippen LogP contribution is 2.23. The van der Waals surface area contributed by atoms with Gasteiger partial charge in [-0.15, -0.1) is 0 Å². The van der Waals surface area contributed by atoms with Crippen LogP contribution in [0.3, 0.4) is 0 Å². The lowest BCUT2D eigenvalue weighted by Crippen LogP contribution is -2.28. The zero-order chi connectivity index (χ0) is 17.6. The molecule has 1 aliphatic heterocycles. The van der Waals surface area contributed by atoms with Gasteiger partial charge in [0.1, 0.15) is 5.75 Å². The molecule has 130 valence electrons. The van der Waals surface area contributed by atoms with E-state index in [-0.39, 0.29) is 5.91 Å². The van der Waals surface area contributed by atoms with Crippen molar-refractivity contribution in [3.63, 3.8) is 0 Å². The van der Waals surface area contributed by atoms with E-state index in [4.69, 9.17) is 17.0 Å². The Balaban J connectivity index is 1.53. The lowest BCUT2D eigenvalue weighted by atomic mass is 10.2. The van der Waals surface area contributed by atoms with Gasteiger partial charge in [0, 0.05) is 30.9 Å². The molecule has 0 atom stereocenters. The number of ether oxygens (including phenoxy) is 1. The number of nitrogens with one attached hydrogen (secondary N) is 2. The van der Waals surface area contributed by atoms with Crippen molar-refractivity contribution in [1.29, 1.82) is 0 Å². The second-order valence-electron chi connectivity index (χ2n) is 5.86. The fourth-order valence-electron chi connectivity index (χ4n) is 2.79. The van der Waals surface area contributed by atoms with E-state index < -0.39 is 0 Å². The fourth-order valence-corrected chi connectivity index (χ4v) is 2.98. The van der Waals surface area contributed by atoms with E-state index in [1.807, 2.05) is 53.4 Å². The van der Waals surface area contributed by atoms with Gasteiger partial charge in [0.25, 0.3) is 0 Å². The highest BCUT2D eigenvalue weighted by atomic mass is 32.1. The molecule has 0 spiro atoms. The predicted octanol–water partition coefficient (Wildman–Crippen LogP) is 3.31. The lowest BCUT2D eigenvalue weighted by Gasteiger charge is -2.16. The van der Waals surface area contributed by atoms with Crippen molar-refractivity contribution in [3.05, 3.63) is 54.1 Å². The van der Waals surface area contributed by atoms with E-state index in [9.17, 15) is 4.79 Å². The Bertz CT molecular complexity index is 762. The standard InChI is InChI=1S/C19H21N3O2S/c1-24-17-5-2-4-14(12-17)13-20-19(25)21-15-7-9-16(10-8-15)22-11-3-6-18(22)23/h2,4-5,7-10,12H,3,6,11,13H2,1H3,(H2,20,21,25). The molecule has 1 saturated heterocycles. The van der Waals surface area contributed by atoms with Crippen LogP contribution in [-0.4, -0.2) is 24.7 Å². The molecule has 1 heterocycles. The van der Waals surface area contributed by atoms with Crippen molar-refractivity contribution in [2.45, 2.75) is 19.4 Å². The molecule has 0 unspecified atom stereocenters. The molecule has 0 radical (unpaired) electrons. The average Bonchev–Trinajstić information content (AvgIpc) is 3.07. The molecular formula is C19H21N3O2S. The van der Waals surface area contributed by atoms with E-state index in [0.29, 0.717) is 18.1 Å². The summed E-state index contributed by atoms with van der Waals surface area (Å²) in [6, 6.07) is 15.6. The first-order chi connectivity index (χ1) is 12.2. The van der Waals surface area contributed by atoms with Crippen LogP contribution >= 0.6 is 12.2 Å². The Morgan fingerprint density at radius 1 is 1.24 bits per heavy atom. The van der Waals surface area contributed by atoms with Gasteiger partial charge in [0.15, 0.2) is 5.11 Å². The Hall–Kier alpha value is -2.60. The van der Waals surface area contributed by atoms with Gasteiger partial charge in [-0.3, -0.25) is 4.79 Å². The summed E-state index contributed by atoms with van der Waals surface area (Å²) in [5, 5.41) is 6.88. The summed E-state index contributed by atoms with van der Waals surface area (Å²) in [6.45, 7) is 1.41. The van der Waals surface area contributed by atoms with Crippen LogP contribution in [0.2, 0.25) is 0 Å². The minimum absolute atomic E-state index is 0.191. The summed E-state index contributed by atoms with van der Waals surface area (Å²) in [7, 11) is 1.65. The van der Waals surface area contributed by atoms with Crippen molar-refractivity contribution < 1.29 is 9.53 Å². The number of amides is 1. The Labute approximate surface area is 153 Å². The van der Waals surface area contributed by atoms with Crippen LogP contribution < -0.4 is 20.3 Å². The van der Waals surface area contributed by atoms with Gasteiger partial charge in [-0.1, -0.05) is 12.1 Å². The lowest BCUT2D eigenvalue weighted by molar-refractivity contribution is -0.117. The second-order valence-corrected chi connectivity index (χ2v) is 6.26. The number of nitrogens with zero attached hydrogens (tertiary/aromatic N) is 1. The molecule has 5 nitrogen and oxygen atoms in total. The maximum atomic E-state index is 11.8. The molecule has 2 aromatic rings. The van der Waals surface area contributed by atoms with Crippen LogP contribution in [0.15, 0.2) is 48.5 Å². The molecule has 1 aliphatic rings. The van der Waals surface area contributed by atoms with Gasteiger partial charge >= 0.3 is 0 Å². The first kappa shape index (κ1) is 17.2. The number of carbonyl (C=O) groups excluding carboxylic acids is 1. The predicted molar refractivity (Wildman–Crippen MR) is 104 cm³/mol. The number of benzene rings is 2. The van der Waals surface area contributed by atoms with Crippen molar-refractivity contribution in [1.82, 2.24) is 5.32 Å². The second kappa shape index (κ2) is 7.98. The number of anilines is 2. The molecule has 0 aromatic heterocycles. The normalized spacial score (nSPS) is 13.6. The van der Waals surface area contributed by atoms with E-state index in [1.165, 1.54) is 0 Å². The monoisotopic (exact) mass is 355 g/mol. The Morgan fingerprint density at radius 3 is 2.72 bits per heavy atom. The van der Waals surface area contributed by atoms with Gasteiger partial charge in [0.05, 0.1) is 7.11 Å². The first-order valence-corrected chi connectivity index (χ1v) is 8.65. The third-order valence-electron chi connectivity index (χ3n) is 4.10. The first-order valence-electron chi connectivity index (χ1n) is 8.24. The molecule has 25 heavy (non-hydrogen) atoms. The topological polar surface area (TPSA) is 53.6 Å². The fraction of sp³-hybridized carbons (Fsp3) is 0.263. The minimum atomic E-state index is 0.191. The van der Waals surface area contributed by atoms with Crippen LogP contribution in [0.1, 0.15) is 18.4 Å². The maximum absolute atomic E-state index is 11.8. The highest BCUT2D eigenvalue weighted by molar-refractivity contribution is 7.80. The number of rotatable bonds is 5. The van der Waals surface area contributed by atoms with Crippen LogP contribution in [0.5, 0.6) is 5.75 Å². The number of hydrogen-bond acceptors (Lipinski definition) is 3. The average molecular weight is 355 g/mol. The molecule has 0 bridgehead atoms. The summed E-state index contributed by atoms with van der Waals surface area (Å²) >= 11 is 5.34. The Kier molecular flexibility index (Phi) is 5.50. The molecule has 2 aromatic carbocycles. The maximum Gasteiger partial charge on any atom is 0.227 e. The van der Waals surface area contributed by atoms with Gasteiger partial charge in [-0.2, -0.15) is 0 Å². The number of thiocarbonyl (C=S) groups is 1. The zero-order valence-corrected chi connectivity index (χ0v) is 14.9. The van der Waals surface area contributed by atoms with Gasteiger partial charge < -0.3 is 20.3 Å². The van der Waals surface area contributed by atoms with Crippen molar-refractivity contribution in [3.8, 4) is 5.75 Å². The highest BCUT2D eigenvalue weighted by Gasteiger charge is 2.21. The molecule has 0 saturated carbocycles. The van der Waals surface area contributed by atoms with Crippen LogP contribution in [0.25, 0.3) is 0 Å². The number of methoxy groups -OCH3 is 1. The molecule has 1 fully saturated rings. The Morgan fingerprint density at radius 2 is 2.04 bits per heavy atom. The van der Waals surface area contributed by atoms with Crippen LogP contribution in [0.4, 0.5) is 11.4 Å². The molecule has 0 aliphatic carbocycles.